The molecule has 0 spiro atoms. The van der Waals surface area contributed by atoms with Gasteiger partial charge < -0.3 is 5.11 Å². The normalized spacial score (nSPS) is 15.6. The second-order valence-electron chi connectivity index (χ2n) is 5.32. The van der Waals surface area contributed by atoms with E-state index in [1.54, 1.807) is 12.1 Å². The molecule has 0 bridgehead atoms. The van der Waals surface area contributed by atoms with Crippen molar-refractivity contribution in [2.75, 3.05) is 6.54 Å². The first-order valence-corrected chi connectivity index (χ1v) is 7.19. The Balaban J connectivity index is 2.03. The molecule has 0 aromatic heterocycles. The van der Waals surface area contributed by atoms with Gasteiger partial charge in [0.15, 0.2) is 0 Å². The first-order valence-electron chi connectivity index (χ1n) is 7.19. The summed E-state index contributed by atoms with van der Waals surface area (Å²) in [6.07, 6.45) is 0.535. The Morgan fingerprint density at radius 2 is 1.62 bits per heavy atom. The number of carbonyl (C=O) groups is 2. The van der Waals surface area contributed by atoms with Crippen LogP contribution in [0, 0.1) is 0 Å². The molecule has 4 heteroatoms. The highest BCUT2D eigenvalue weighted by molar-refractivity contribution is 6.25. The number of aliphatic hydroxyl groups excluding tert-OH is 1. The third-order valence-electron chi connectivity index (χ3n) is 4.01. The van der Waals surface area contributed by atoms with Crippen molar-refractivity contribution >= 4 is 22.6 Å². The van der Waals surface area contributed by atoms with Crippen LogP contribution in [0.2, 0.25) is 0 Å². The maximum atomic E-state index is 12.5. The average molecular weight is 283 g/mol. The number of amides is 2. The van der Waals surface area contributed by atoms with Crippen molar-refractivity contribution in [3.05, 3.63) is 47.5 Å². The Bertz CT molecular complexity index is 672. The lowest BCUT2D eigenvalue weighted by molar-refractivity contribution is 0.0578. The quantitative estimate of drug-likeness (QED) is 0.877. The number of hydrogen-bond donors (Lipinski definition) is 1. The smallest absolute Gasteiger partial charge is 0.261 e. The van der Waals surface area contributed by atoms with Gasteiger partial charge in [0.2, 0.25) is 0 Å². The summed E-state index contributed by atoms with van der Waals surface area (Å²) in [7, 11) is 0. The minimum absolute atomic E-state index is 0.247. The minimum atomic E-state index is -0.487. The van der Waals surface area contributed by atoms with Crippen molar-refractivity contribution in [1.29, 1.82) is 0 Å². The van der Waals surface area contributed by atoms with Crippen LogP contribution >= 0.6 is 0 Å². The van der Waals surface area contributed by atoms with Crippen molar-refractivity contribution < 1.29 is 14.7 Å². The second-order valence-corrected chi connectivity index (χ2v) is 5.32. The van der Waals surface area contributed by atoms with Gasteiger partial charge in [0.05, 0.1) is 6.10 Å². The number of nitrogens with zero attached hydrogens (tertiary/aromatic N) is 1. The van der Waals surface area contributed by atoms with E-state index >= 15 is 0 Å². The fourth-order valence-corrected chi connectivity index (χ4v) is 2.77. The monoisotopic (exact) mass is 283 g/mol. The Labute approximate surface area is 123 Å². The molecule has 1 atom stereocenters. The summed E-state index contributed by atoms with van der Waals surface area (Å²) in [4.78, 5) is 26.3. The first kappa shape index (κ1) is 13.8. The van der Waals surface area contributed by atoms with E-state index in [1.807, 2.05) is 31.2 Å². The third kappa shape index (κ3) is 2.21. The first-order chi connectivity index (χ1) is 10.1. The Hall–Kier alpha value is -2.20. The molecule has 0 radical (unpaired) electrons. The molecule has 1 N–H and O–H groups in total. The highest BCUT2D eigenvalue weighted by atomic mass is 16.3. The Kier molecular flexibility index (Phi) is 3.47. The van der Waals surface area contributed by atoms with Crippen LogP contribution in [0.3, 0.4) is 0 Å². The molecule has 0 aliphatic carbocycles. The molecule has 4 nitrogen and oxygen atoms in total. The lowest BCUT2D eigenvalue weighted by Crippen LogP contribution is -2.41. The van der Waals surface area contributed by atoms with Crippen molar-refractivity contribution in [2.45, 2.75) is 25.9 Å². The number of aliphatic hydroxyl groups is 1. The summed E-state index contributed by atoms with van der Waals surface area (Å²) in [5, 5.41) is 11.3. The number of imide groups is 1. The standard InChI is InChI=1S/C17H17NO3/c1-2-12(19)9-10-18-16(20)13-7-3-5-11-6-4-8-14(15(11)13)17(18)21/h3-8,12,19H,2,9-10H2,1H3. The van der Waals surface area contributed by atoms with E-state index in [0.717, 1.165) is 10.8 Å². The summed E-state index contributed by atoms with van der Waals surface area (Å²) >= 11 is 0. The molecule has 1 aliphatic heterocycles. The van der Waals surface area contributed by atoms with E-state index < -0.39 is 6.10 Å². The second kappa shape index (κ2) is 5.30. The van der Waals surface area contributed by atoms with Gasteiger partial charge in [0.1, 0.15) is 0 Å². The van der Waals surface area contributed by atoms with Crippen LogP contribution in [0.4, 0.5) is 0 Å². The Morgan fingerprint density at radius 3 is 2.14 bits per heavy atom. The van der Waals surface area contributed by atoms with E-state index in [-0.39, 0.29) is 18.4 Å². The van der Waals surface area contributed by atoms with Gasteiger partial charge in [-0.25, -0.2) is 0 Å². The molecule has 2 amide bonds. The zero-order chi connectivity index (χ0) is 15.0. The molecular formula is C17H17NO3. The highest BCUT2D eigenvalue weighted by Crippen LogP contribution is 2.30. The van der Waals surface area contributed by atoms with Crippen LogP contribution < -0.4 is 0 Å². The fraction of sp³-hybridized carbons (Fsp3) is 0.294. The van der Waals surface area contributed by atoms with Gasteiger partial charge in [-0.1, -0.05) is 31.2 Å². The molecule has 3 rings (SSSR count). The summed E-state index contributed by atoms with van der Waals surface area (Å²) in [5.74, 6) is -0.541. The number of carbonyl (C=O) groups excluding carboxylic acids is 2. The molecule has 108 valence electrons. The molecule has 0 fully saturated rings. The van der Waals surface area contributed by atoms with Gasteiger partial charge in [0, 0.05) is 23.1 Å². The van der Waals surface area contributed by atoms with Crippen molar-refractivity contribution in [3.8, 4) is 0 Å². The van der Waals surface area contributed by atoms with Gasteiger partial charge in [0.25, 0.3) is 11.8 Å². The molecule has 2 aromatic carbocycles. The minimum Gasteiger partial charge on any atom is -0.393 e. The SMILES string of the molecule is CCC(O)CCN1C(=O)c2cccc3cccc(c23)C1=O. The van der Waals surface area contributed by atoms with Crippen LogP contribution in [0.5, 0.6) is 0 Å². The van der Waals surface area contributed by atoms with E-state index in [1.165, 1.54) is 4.90 Å². The number of hydrogen-bond acceptors (Lipinski definition) is 3. The number of benzene rings is 2. The van der Waals surface area contributed by atoms with Crippen molar-refractivity contribution in [2.24, 2.45) is 0 Å². The Morgan fingerprint density at radius 1 is 1.05 bits per heavy atom. The zero-order valence-electron chi connectivity index (χ0n) is 11.9. The summed E-state index contributed by atoms with van der Waals surface area (Å²) in [6.45, 7) is 2.12. The molecule has 21 heavy (non-hydrogen) atoms. The highest BCUT2D eigenvalue weighted by Gasteiger charge is 2.32. The van der Waals surface area contributed by atoms with E-state index in [9.17, 15) is 14.7 Å². The molecule has 1 heterocycles. The average Bonchev–Trinajstić information content (AvgIpc) is 2.52. The fourth-order valence-electron chi connectivity index (χ4n) is 2.77. The van der Waals surface area contributed by atoms with Gasteiger partial charge >= 0.3 is 0 Å². The maximum absolute atomic E-state index is 12.5. The van der Waals surface area contributed by atoms with Crippen LogP contribution in [0.1, 0.15) is 40.5 Å². The van der Waals surface area contributed by atoms with E-state index in [4.69, 9.17) is 0 Å². The lowest BCUT2D eigenvalue weighted by Gasteiger charge is -2.27. The molecule has 0 saturated heterocycles. The molecule has 1 aliphatic rings. The topological polar surface area (TPSA) is 57.6 Å². The molecule has 1 unspecified atom stereocenters. The zero-order valence-corrected chi connectivity index (χ0v) is 11.9. The van der Waals surface area contributed by atoms with E-state index in [2.05, 4.69) is 0 Å². The number of rotatable bonds is 4. The van der Waals surface area contributed by atoms with Crippen LogP contribution in [-0.2, 0) is 0 Å². The van der Waals surface area contributed by atoms with Crippen molar-refractivity contribution in [3.63, 3.8) is 0 Å². The molecule has 2 aromatic rings. The van der Waals surface area contributed by atoms with Crippen LogP contribution in [0.15, 0.2) is 36.4 Å². The molecule has 0 saturated carbocycles. The van der Waals surface area contributed by atoms with Crippen LogP contribution in [-0.4, -0.2) is 34.5 Å². The van der Waals surface area contributed by atoms with Crippen molar-refractivity contribution in [1.82, 2.24) is 4.90 Å². The predicted molar refractivity (Wildman–Crippen MR) is 80.2 cm³/mol. The lowest BCUT2D eigenvalue weighted by atomic mass is 9.94. The summed E-state index contributed by atoms with van der Waals surface area (Å²) < 4.78 is 0. The predicted octanol–water partition coefficient (Wildman–Crippen LogP) is 2.60. The third-order valence-corrected chi connectivity index (χ3v) is 4.01. The van der Waals surface area contributed by atoms with Gasteiger partial charge in [-0.05, 0) is 30.4 Å². The van der Waals surface area contributed by atoms with Crippen LogP contribution in [0.25, 0.3) is 10.8 Å². The molecular weight excluding hydrogens is 266 g/mol. The summed E-state index contributed by atoms with van der Waals surface area (Å²) in [5.41, 5.74) is 1.13. The summed E-state index contributed by atoms with van der Waals surface area (Å²) in [6, 6.07) is 11.0. The van der Waals surface area contributed by atoms with Gasteiger partial charge in [-0.15, -0.1) is 0 Å². The largest absolute Gasteiger partial charge is 0.393 e. The van der Waals surface area contributed by atoms with Gasteiger partial charge in [-0.2, -0.15) is 0 Å². The maximum Gasteiger partial charge on any atom is 0.261 e. The van der Waals surface area contributed by atoms with Gasteiger partial charge in [-0.3, -0.25) is 14.5 Å². The van der Waals surface area contributed by atoms with E-state index in [0.29, 0.717) is 24.0 Å².